The number of halogens is 1. The number of hydrogen-bond acceptors (Lipinski definition) is 3. The van der Waals surface area contributed by atoms with Crippen LogP contribution in [0.5, 0.6) is 0 Å². The molecule has 2 aromatic carbocycles. The van der Waals surface area contributed by atoms with Crippen molar-refractivity contribution in [1.82, 2.24) is 0 Å². The van der Waals surface area contributed by atoms with Gasteiger partial charge in [-0.3, -0.25) is 4.79 Å². The zero-order valence-corrected chi connectivity index (χ0v) is 11.7. The lowest BCUT2D eigenvalue weighted by Crippen LogP contribution is -2.09. The highest BCUT2D eigenvalue weighted by atomic mass is 79.9. The third-order valence-corrected chi connectivity index (χ3v) is 3.66. The zero-order chi connectivity index (χ0) is 13.6. The van der Waals surface area contributed by atoms with E-state index in [1.165, 1.54) is 7.11 Å². The van der Waals surface area contributed by atoms with Gasteiger partial charge in [0.15, 0.2) is 5.78 Å². The van der Waals surface area contributed by atoms with Crippen molar-refractivity contribution in [2.24, 2.45) is 0 Å². The third-order valence-electron chi connectivity index (χ3n) is 3.20. The fourth-order valence-corrected chi connectivity index (χ4v) is 2.84. The summed E-state index contributed by atoms with van der Waals surface area (Å²) in [6.07, 6.45) is 0. The van der Waals surface area contributed by atoms with E-state index in [1.54, 1.807) is 12.1 Å². The van der Waals surface area contributed by atoms with Crippen LogP contribution in [0.2, 0.25) is 0 Å². The maximum Gasteiger partial charge on any atom is 0.338 e. The fraction of sp³-hybridized carbons (Fsp3) is 0.0667. The average Bonchev–Trinajstić information content (AvgIpc) is 2.71. The van der Waals surface area contributed by atoms with Gasteiger partial charge in [0.2, 0.25) is 0 Å². The summed E-state index contributed by atoms with van der Waals surface area (Å²) in [6.45, 7) is 0. The molecule has 0 aliphatic heterocycles. The maximum absolute atomic E-state index is 12.4. The van der Waals surface area contributed by atoms with Crippen molar-refractivity contribution in [1.29, 1.82) is 0 Å². The van der Waals surface area contributed by atoms with Crippen LogP contribution < -0.4 is 0 Å². The highest BCUT2D eigenvalue weighted by molar-refractivity contribution is 9.10. The van der Waals surface area contributed by atoms with Crippen molar-refractivity contribution in [2.45, 2.75) is 0 Å². The minimum Gasteiger partial charge on any atom is -0.465 e. The standard InChI is InChI=1S/C15H9BrO3/c1-19-15(18)12-7-8(16)6-11-9-4-2-3-5-10(9)14(17)13(11)12/h2-7H,1H3. The van der Waals surface area contributed by atoms with Crippen LogP contribution >= 0.6 is 15.9 Å². The van der Waals surface area contributed by atoms with Gasteiger partial charge in [0.05, 0.1) is 12.7 Å². The molecular formula is C15H9BrO3. The minimum atomic E-state index is -0.501. The summed E-state index contributed by atoms with van der Waals surface area (Å²) in [5.41, 5.74) is 2.98. The highest BCUT2D eigenvalue weighted by Gasteiger charge is 2.31. The number of methoxy groups -OCH3 is 1. The molecule has 1 aliphatic rings. The molecule has 0 amide bonds. The molecule has 0 aromatic heterocycles. The van der Waals surface area contributed by atoms with Crippen molar-refractivity contribution < 1.29 is 14.3 Å². The normalized spacial score (nSPS) is 12.0. The molecule has 2 aromatic rings. The molecule has 0 bridgehead atoms. The summed E-state index contributed by atoms with van der Waals surface area (Å²) in [5, 5.41) is 0. The first-order chi connectivity index (χ1) is 9.13. The van der Waals surface area contributed by atoms with Crippen molar-refractivity contribution in [2.75, 3.05) is 7.11 Å². The SMILES string of the molecule is COC(=O)c1cc(Br)cc2c1C(=O)c1ccccc1-2. The van der Waals surface area contributed by atoms with Crippen LogP contribution in [0.1, 0.15) is 26.3 Å². The summed E-state index contributed by atoms with van der Waals surface area (Å²) in [7, 11) is 1.31. The molecule has 94 valence electrons. The van der Waals surface area contributed by atoms with Crippen LogP contribution in [0.15, 0.2) is 40.9 Å². The number of carbonyl (C=O) groups is 2. The number of esters is 1. The number of ether oxygens (including phenoxy) is 1. The number of hydrogen-bond donors (Lipinski definition) is 0. The Morgan fingerprint density at radius 2 is 1.79 bits per heavy atom. The van der Waals surface area contributed by atoms with E-state index in [2.05, 4.69) is 15.9 Å². The lowest BCUT2D eigenvalue weighted by atomic mass is 10.0. The topological polar surface area (TPSA) is 43.4 Å². The zero-order valence-electron chi connectivity index (χ0n) is 10.1. The predicted octanol–water partition coefficient (Wildman–Crippen LogP) is 3.45. The van der Waals surface area contributed by atoms with Gasteiger partial charge in [0.25, 0.3) is 0 Å². The Morgan fingerprint density at radius 3 is 2.47 bits per heavy atom. The Morgan fingerprint density at radius 1 is 1.11 bits per heavy atom. The first kappa shape index (κ1) is 12.1. The molecule has 19 heavy (non-hydrogen) atoms. The van der Waals surface area contributed by atoms with Crippen molar-refractivity contribution in [3.05, 3.63) is 57.6 Å². The summed E-state index contributed by atoms with van der Waals surface area (Å²) in [5.74, 6) is -0.628. The molecule has 0 saturated heterocycles. The molecule has 3 rings (SSSR count). The fourth-order valence-electron chi connectivity index (χ4n) is 2.39. The quantitative estimate of drug-likeness (QED) is 0.646. The third kappa shape index (κ3) is 1.71. The Bertz CT molecular complexity index is 719. The molecule has 0 atom stereocenters. The van der Waals surface area contributed by atoms with E-state index in [9.17, 15) is 9.59 Å². The van der Waals surface area contributed by atoms with E-state index in [0.29, 0.717) is 16.7 Å². The van der Waals surface area contributed by atoms with E-state index >= 15 is 0 Å². The van der Waals surface area contributed by atoms with Gasteiger partial charge in [-0.1, -0.05) is 40.2 Å². The molecule has 0 heterocycles. The summed E-state index contributed by atoms with van der Waals surface area (Å²) >= 11 is 3.37. The molecule has 0 N–H and O–H groups in total. The van der Waals surface area contributed by atoms with Crippen molar-refractivity contribution >= 4 is 27.7 Å². The van der Waals surface area contributed by atoms with Gasteiger partial charge in [0.1, 0.15) is 0 Å². The van der Waals surface area contributed by atoms with Gasteiger partial charge in [-0.25, -0.2) is 4.79 Å². The second-order valence-corrected chi connectivity index (χ2v) is 5.16. The van der Waals surface area contributed by atoms with Crippen LogP contribution in [0.25, 0.3) is 11.1 Å². The van der Waals surface area contributed by atoms with Gasteiger partial charge in [0, 0.05) is 15.6 Å². The van der Waals surface area contributed by atoms with Crippen molar-refractivity contribution in [3.8, 4) is 11.1 Å². The van der Waals surface area contributed by atoms with E-state index in [4.69, 9.17) is 4.74 Å². The monoisotopic (exact) mass is 316 g/mol. The van der Waals surface area contributed by atoms with Crippen LogP contribution in [-0.2, 0) is 4.74 Å². The number of benzene rings is 2. The summed E-state index contributed by atoms with van der Waals surface area (Å²) in [6, 6.07) is 10.8. The van der Waals surface area contributed by atoms with E-state index in [0.717, 1.165) is 15.6 Å². The van der Waals surface area contributed by atoms with E-state index < -0.39 is 5.97 Å². The molecule has 0 radical (unpaired) electrons. The van der Waals surface area contributed by atoms with Gasteiger partial charge in [-0.05, 0) is 23.3 Å². The lowest BCUT2D eigenvalue weighted by Gasteiger charge is -2.06. The summed E-state index contributed by atoms with van der Waals surface area (Å²) < 4.78 is 5.50. The van der Waals surface area contributed by atoms with E-state index in [1.807, 2.05) is 24.3 Å². The Balaban J connectivity index is 2.35. The average molecular weight is 317 g/mol. The predicted molar refractivity (Wildman–Crippen MR) is 74.4 cm³/mol. The van der Waals surface area contributed by atoms with Gasteiger partial charge < -0.3 is 4.74 Å². The first-order valence-electron chi connectivity index (χ1n) is 5.69. The lowest BCUT2D eigenvalue weighted by molar-refractivity contribution is 0.0597. The maximum atomic E-state index is 12.4. The Kier molecular flexibility index (Phi) is 2.75. The molecule has 1 aliphatic carbocycles. The largest absolute Gasteiger partial charge is 0.465 e. The Labute approximate surface area is 118 Å². The smallest absolute Gasteiger partial charge is 0.338 e. The van der Waals surface area contributed by atoms with Crippen LogP contribution in [0, 0.1) is 0 Å². The number of carbonyl (C=O) groups excluding carboxylic acids is 2. The number of rotatable bonds is 1. The van der Waals surface area contributed by atoms with Gasteiger partial charge >= 0.3 is 5.97 Å². The van der Waals surface area contributed by atoms with Crippen LogP contribution in [0.4, 0.5) is 0 Å². The molecule has 0 spiro atoms. The summed E-state index contributed by atoms with van der Waals surface area (Å²) in [4.78, 5) is 24.2. The Hall–Kier alpha value is -1.94. The minimum absolute atomic E-state index is 0.126. The van der Waals surface area contributed by atoms with Gasteiger partial charge in [-0.2, -0.15) is 0 Å². The van der Waals surface area contributed by atoms with Crippen LogP contribution in [-0.4, -0.2) is 18.9 Å². The molecule has 3 nitrogen and oxygen atoms in total. The second-order valence-electron chi connectivity index (χ2n) is 4.24. The molecular weight excluding hydrogens is 308 g/mol. The molecule has 0 saturated carbocycles. The number of fused-ring (bicyclic) bond motifs is 3. The second kappa shape index (κ2) is 4.31. The van der Waals surface area contributed by atoms with Gasteiger partial charge in [-0.15, -0.1) is 0 Å². The highest BCUT2D eigenvalue weighted by Crippen LogP contribution is 2.40. The van der Waals surface area contributed by atoms with E-state index in [-0.39, 0.29) is 5.78 Å². The first-order valence-corrected chi connectivity index (χ1v) is 6.48. The molecule has 0 fully saturated rings. The van der Waals surface area contributed by atoms with Crippen LogP contribution in [0.3, 0.4) is 0 Å². The van der Waals surface area contributed by atoms with Crippen molar-refractivity contribution in [3.63, 3.8) is 0 Å². The number of ketones is 1. The molecule has 4 heteroatoms. The molecule has 0 unspecified atom stereocenters.